The van der Waals surface area contributed by atoms with Gasteiger partial charge in [-0.1, -0.05) is 30.3 Å². The predicted octanol–water partition coefficient (Wildman–Crippen LogP) is 2.84. The standard InChI is InChI=1S/C17H23N3/c1-19(14-15-7-6-8-16(18)13-15)11-12-20(2)17-9-4-3-5-10-17/h3-10,13H,11-12,14,18H2,1-2H3. The molecule has 2 aromatic rings. The van der Waals surface area contributed by atoms with Gasteiger partial charge in [0, 0.05) is 38.1 Å². The second kappa shape index (κ2) is 6.96. The molecule has 0 fully saturated rings. The number of likely N-dealkylation sites (N-methyl/N-ethyl adjacent to an activating group) is 2. The number of hydrogen-bond donors (Lipinski definition) is 1. The molecule has 0 amide bonds. The zero-order valence-corrected chi connectivity index (χ0v) is 12.3. The van der Waals surface area contributed by atoms with Crippen LogP contribution < -0.4 is 10.6 Å². The van der Waals surface area contributed by atoms with Gasteiger partial charge in [0.05, 0.1) is 0 Å². The van der Waals surface area contributed by atoms with E-state index >= 15 is 0 Å². The van der Waals surface area contributed by atoms with Gasteiger partial charge in [-0.3, -0.25) is 0 Å². The summed E-state index contributed by atoms with van der Waals surface area (Å²) in [5.74, 6) is 0. The molecule has 0 radical (unpaired) electrons. The van der Waals surface area contributed by atoms with E-state index in [9.17, 15) is 0 Å². The lowest BCUT2D eigenvalue weighted by atomic mass is 10.2. The number of nitrogen functional groups attached to an aromatic ring is 1. The summed E-state index contributed by atoms with van der Waals surface area (Å²) in [6, 6.07) is 18.6. The predicted molar refractivity (Wildman–Crippen MR) is 86.9 cm³/mol. The van der Waals surface area contributed by atoms with E-state index in [2.05, 4.69) is 54.2 Å². The fourth-order valence-corrected chi connectivity index (χ4v) is 2.21. The first kappa shape index (κ1) is 14.4. The summed E-state index contributed by atoms with van der Waals surface area (Å²) in [5.41, 5.74) is 9.15. The first-order valence-electron chi connectivity index (χ1n) is 6.94. The highest BCUT2D eigenvalue weighted by Gasteiger charge is 2.04. The summed E-state index contributed by atoms with van der Waals surface area (Å²) < 4.78 is 0. The Balaban J connectivity index is 1.82. The maximum Gasteiger partial charge on any atom is 0.0364 e. The van der Waals surface area contributed by atoms with Gasteiger partial charge >= 0.3 is 0 Å². The Kier molecular flexibility index (Phi) is 5.02. The maximum absolute atomic E-state index is 5.81. The van der Waals surface area contributed by atoms with Gasteiger partial charge in [-0.15, -0.1) is 0 Å². The molecule has 0 saturated carbocycles. The third-order valence-corrected chi connectivity index (χ3v) is 3.42. The molecule has 0 aliphatic rings. The fourth-order valence-electron chi connectivity index (χ4n) is 2.21. The molecule has 0 atom stereocenters. The van der Waals surface area contributed by atoms with Crippen LogP contribution in [-0.4, -0.2) is 32.1 Å². The average molecular weight is 269 g/mol. The Morgan fingerprint density at radius 2 is 1.65 bits per heavy atom. The van der Waals surface area contributed by atoms with Crippen LogP contribution >= 0.6 is 0 Å². The molecule has 2 aromatic carbocycles. The zero-order chi connectivity index (χ0) is 14.4. The second-order valence-corrected chi connectivity index (χ2v) is 5.24. The highest BCUT2D eigenvalue weighted by atomic mass is 15.2. The smallest absolute Gasteiger partial charge is 0.0364 e. The van der Waals surface area contributed by atoms with Crippen LogP contribution in [0.25, 0.3) is 0 Å². The van der Waals surface area contributed by atoms with Crippen molar-refractivity contribution < 1.29 is 0 Å². The van der Waals surface area contributed by atoms with Gasteiger partial charge in [0.15, 0.2) is 0 Å². The molecule has 2 N–H and O–H groups in total. The number of anilines is 2. The largest absolute Gasteiger partial charge is 0.399 e. The molecule has 0 aliphatic heterocycles. The number of nitrogens with zero attached hydrogens (tertiary/aromatic N) is 2. The van der Waals surface area contributed by atoms with Crippen molar-refractivity contribution in [2.24, 2.45) is 0 Å². The Morgan fingerprint density at radius 1 is 0.900 bits per heavy atom. The summed E-state index contributed by atoms with van der Waals surface area (Å²) >= 11 is 0. The maximum atomic E-state index is 5.81. The average Bonchev–Trinajstić information content (AvgIpc) is 2.46. The van der Waals surface area contributed by atoms with Gasteiger partial charge in [0.2, 0.25) is 0 Å². The minimum absolute atomic E-state index is 0.831. The van der Waals surface area contributed by atoms with Crippen LogP contribution in [0.5, 0.6) is 0 Å². The summed E-state index contributed by atoms with van der Waals surface area (Å²) in [4.78, 5) is 4.59. The molecule has 3 nitrogen and oxygen atoms in total. The van der Waals surface area contributed by atoms with Crippen LogP contribution in [0, 0.1) is 0 Å². The van der Waals surface area contributed by atoms with E-state index in [0.29, 0.717) is 0 Å². The van der Waals surface area contributed by atoms with Crippen LogP contribution in [0.4, 0.5) is 11.4 Å². The number of rotatable bonds is 6. The Morgan fingerprint density at radius 3 is 2.35 bits per heavy atom. The molecule has 0 heterocycles. The van der Waals surface area contributed by atoms with Gasteiger partial charge in [-0.25, -0.2) is 0 Å². The highest BCUT2D eigenvalue weighted by Crippen LogP contribution is 2.11. The summed E-state index contributed by atoms with van der Waals surface area (Å²) in [5, 5.41) is 0. The third-order valence-electron chi connectivity index (χ3n) is 3.42. The Hall–Kier alpha value is -2.00. The summed E-state index contributed by atoms with van der Waals surface area (Å²) in [6.45, 7) is 2.94. The van der Waals surface area contributed by atoms with Crippen LogP contribution in [0.1, 0.15) is 5.56 Å². The van der Waals surface area contributed by atoms with Gasteiger partial charge in [-0.2, -0.15) is 0 Å². The number of benzene rings is 2. The van der Waals surface area contributed by atoms with E-state index in [0.717, 1.165) is 25.3 Å². The van der Waals surface area contributed by atoms with E-state index in [1.807, 2.05) is 24.3 Å². The van der Waals surface area contributed by atoms with Crippen LogP contribution in [0.15, 0.2) is 54.6 Å². The summed E-state index contributed by atoms with van der Waals surface area (Å²) in [6.07, 6.45) is 0. The molecule has 0 aliphatic carbocycles. The van der Waals surface area contributed by atoms with Crippen molar-refractivity contribution in [2.75, 3.05) is 37.8 Å². The van der Waals surface area contributed by atoms with Crippen molar-refractivity contribution in [2.45, 2.75) is 6.54 Å². The molecule has 0 saturated heterocycles. The van der Waals surface area contributed by atoms with Crippen molar-refractivity contribution in [1.82, 2.24) is 4.90 Å². The van der Waals surface area contributed by atoms with E-state index in [1.54, 1.807) is 0 Å². The topological polar surface area (TPSA) is 32.5 Å². The minimum Gasteiger partial charge on any atom is -0.399 e. The lowest BCUT2D eigenvalue weighted by Crippen LogP contribution is -2.30. The van der Waals surface area contributed by atoms with Gasteiger partial charge in [0.1, 0.15) is 0 Å². The van der Waals surface area contributed by atoms with Crippen molar-refractivity contribution >= 4 is 11.4 Å². The molecule has 0 aromatic heterocycles. The van der Waals surface area contributed by atoms with Crippen molar-refractivity contribution in [3.8, 4) is 0 Å². The van der Waals surface area contributed by atoms with E-state index < -0.39 is 0 Å². The summed E-state index contributed by atoms with van der Waals surface area (Å²) in [7, 11) is 4.27. The molecule has 0 spiro atoms. The van der Waals surface area contributed by atoms with E-state index in [4.69, 9.17) is 5.73 Å². The normalized spacial score (nSPS) is 10.8. The van der Waals surface area contributed by atoms with Crippen molar-refractivity contribution in [3.63, 3.8) is 0 Å². The van der Waals surface area contributed by atoms with E-state index in [-0.39, 0.29) is 0 Å². The lowest BCUT2D eigenvalue weighted by Gasteiger charge is -2.23. The SMILES string of the molecule is CN(CCN(C)c1ccccc1)Cc1cccc(N)c1. The van der Waals surface area contributed by atoms with E-state index in [1.165, 1.54) is 11.3 Å². The Bertz CT molecular complexity index is 525. The first-order valence-corrected chi connectivity index (χ1v) is 6.94. The zero-order valence-electron chi connectivity index (χ0n) is 12.3. The van der Waals surface area contributed by atoms with Gasteiger partial charge in [-0.05, 0) is 36.9 Å². The van der Waals surface area contributed by atoms with Crippen LogP contribution in [0.3, 0.4) is 0 Å². The molecule has 106 valence electrons. The van der Waals surface area contributed by atoms with Crippen LogP contribution in [0.2, 0.25) is 0 Å². The van der Waals surface area contributed by atoms with Crippen molar-refractivity contribution in [1.29, 1.82) is 0 Å². The van der Waals surface area contributed by atoms with Crippen LogP contribution in [-0.2, 0) is 6.54 Å². The van der Waals surface area contributed by atoms with Crippen molar-refractivity contribution in [3.05, 3.63) is 60.2 Å². The molecular formula is C17H23N3. The number of nitrogens with two attached hydrogens (primary N) is 1. The Labute approximate surface area is 121 Å². The molecular weight excluding hydrogens is 246 g/mol. The number of para-hydroxylation sites is 1. The molecule has 0 bridgehead atoms. The minimum atomic E-state index is 0.831. The second-order valence-electron chi connectivity index (χ2n) is 5.24. The van der Waals surface area contributed by atoms with Gasteiger partial charge < -0.3 is 15.5 Å². The quantitative estimate of drug-likeness (QED) is 0.819. The molecule has 3 heteroatoms. The molecule has 0 unspecified atom stereocenters. The molecule has 2 rings (SSSR count). The molecule has 20 heavy (non-hydrogen) atoms. The number of hydrogen-bond acceptors (Lipinski definition) is 3. The highest BCUT2D eigenvalue weighted by molar-refractivity contribution is 5.45. The fraction of sp³-hybridized carbons (Fsp3) is 0.294. The van der Waals surface area contributed by atoms with Gasteiger partial charge in [0.25, 0.3) is 0 Å². The lowest BCUT2D eigenvalue weighted by molar-refractivity contribution is 0.334. The first-order chi connectivity index (χ1) is 9.65. The third kappa shape index (κ3) is 4.28. The monoisotopic (exact) mass is 269 g/mol.